The number of methoxy groups -OCH3 is 1. The molecule has 0 bridgehead atoms. The molecule has 4 nitrogen and oxygen atoms in total. The predicted molar refractivity (Wildman–Crippen MR) is 46.1 cm³/mol. The number of benzene rings is 1. The number of carbonyl (C=O) groups excluding carboxylic acids is 1. The number of ether oxygens (including phenoxy) is 1. The molecule has 1 aromatic carbocycles. The van der Waals surface area contributed by atoms with Crippen LogP contribution in [0.3, 0.4) is 0 Å². The van der Waals surface area contributed by atoms with Crippen LogP contribution in [-0.2, 0) is 4.79 Å². The Kier molecular flexibility index (Phi) is 2.87. The molecule has 1 aromatic rings. The van der Waals surface area contributed by atoms with E-state index in [1.807, 2.05) is 0 Å². The molecule has 1 amide bonds. The Morgan fingerprint density at radius 2 is 2.00 bits per heavy atom. The van der Waals surface area contributed by atoms with E-state index in [2.05, 4.69) is 0 Å². The number of carbonyl (C=O) groups is 1. The lowest BCUT2D eigenvalue weighted by molar-refractivity contribution is -0.126. The Labute approximate surface area is 75.9 Å². The molecule has 1 atom stereocenters. The van der Waals surface area contributed by atoms with E-state index in [9.17, 15) is 9.90 Å². The third kappa shape index (κ3) is 2.19. The summed E-state index contributed by atoms with van der Waals surface area (Å²) in [6, 6.07) is 6.36. The molecule has 1 rings (SSSR count). The monoisotopic (exact) mass is 180 g/mol. The molecule has 0 fully saturated rings. The molecule has 0 aliphatic carbocycles. The predicted octanol–water partition coefficient (Wildman–Crippen LogP) is 0.538. The second-order valence-corrected chi connectivity index (χ2v) is 2.54. The van der Waals surface area contributed by atoms with Crippen molar-refractivity contribution in [3.8, 4) is 5.75 Å². The lowest BCUT2D eigenvalue weighted by Crippen LogP contribution is -2.11. The van der Waals surface area contributed by atoms with Crippen LogP contribution in [0.4, 0.5) is 0 Å². The average molecular weight is 180 g/mol. The normalized spacial score (nSPS) is 12.2. The molecule has 0 saturated heterocycles. The van der Waals surface area contributed by atoms with Gasteiger partial charge in [0.1, 0.15) is 5.75 Å². The first-order valence-corrected chi connectivity index (χ1v) is 3.72. The Balaban J connectivity index is 2.85. The van der Waals surface area contributed by atoms with Gasteiger partial charge in [-0.05, 0) is 17.7 Å². The molecule has 0 heterocycles. The molecule has 0 aromatic heterocycles. The quantitative estimate of drug-likeness (QED) is 0.737. The maximum atomic E-state index is 10.5. The molecule has 69 valence electrons. The van der Waals surface area contributed by atoms with E-state index in [1.165, 1.54) is 7.11 Å². The molecule has 0 aliphatic rings. The van der Waals surface area contributed by atoms with Gasteiger partial charge in [0.05, 0.1) is 7.11 Å². The Morgan fingerprint density at radius 3 is 2.38 bits per heavy atom. The number of hydrogen-bond donors (Lipinski definition) is 1. The van der Waals surface area contributed by atoms with Crippen molar-refractivity contribution in [2.45, 2.75) is 6.10 Å². The first-order valence-electron chi connectivity index (χ1n) is 3.72. The summed E-state index contributed by atoms with van der Waals surface area (Å²) in [5, 5.41) is 9.18. The highest BCUT2D eigenvalue weighted by Gasteiger charge is 2.13. The maximum absolute atomic E-state index is 10.5. The van der Waals surface area contributed by atoms with Crippen LogP contribution >= 0.6 is 0 Å². The fourth-order valence-corrected chi connectivity index (χ4v) is 0.938. The molecule has 2 N–H and O–H groups in total. The van der Waals surface area contributed by atoms with E-state index in [0.29, 0.717) is 11.3 Å². The summed E-state index contributed by atoms with van der Waals surface area (Å²) in [5.41, 5.74) is 7.10. The number of hydrogen-bond acceptors (Lipinski definition) is 3. The fraction of sp³-hybridized carbons (Fsp3) is 0.222. The third-order valence-electron chi connectivity index (χ3n) is 1.68. The van der Waals surface area contributed by atoms with Crippen molar-refractivity contribution in [3.05, 3.63) is 29.8 Å². The van der Waals surface area contributed by atoms with Crippen LogP contribution in [0.2, 0.25) is 0 Å². The zero-order valence-corrected chi connectivity index (χ0v) is 7.15. The highest BCUT2D eigenvalue weighted by Crippen LogP contribution is 2.17. The first kappa shape index (κ1) is 9.54. The van der Waals surface area contributed by atoms with Gasteiger partial charge in [0.15, 0.2) is 6.10 Å². The van der Waals surface area contributed by atoms with Gasteiger partial charge in [-0.15, -0.1) is 0 Å². The maximum Gasteiger partial charge on any atom is 0.271 e. The van der Waals surface area contributed by atoms with Gasteiger partial charge in [-0.25, -0.2) is 0 Å². The van der Waals surface area contributed by atoms with Crippen LogP contribution in [-0.4, -0.2) is 18.1 Å². The highest BCUT2D eigenvalue weighted by atomic mass is 16.5. The highest BCUT2D eigenvalue weighted by molar-refractivity contribution is 5.79. The van der Waals surface area contributed by atoms with Gasteiger partial charge in [0, 0.05) is 0 Å². The number of amides is 1. The van der Waals surface area contributed by atoms with E-state index in [1.54, 1.807) is 24.3 Å². The van der Waals surface area contributed by atoms with E-state index < -0.39 is 12.0 Å². The van der Waals surface area contributed by atoms with Crippen LogP contribution < -0.4 is 10.5 Å². The molecular weight excluding hydrogens is 170 g/mol. The van der Waals surface area contributed by atoms with E-state index in [0.717, 1.165) is 0 Å². The average Bonchev–Trinajstić information content (AvgIpc) is 2.17. The van der Waals surface area contributed by atoms with Crippen molar-refractivity contribution in [3.63, 3.8) is 0 Å². The standard InChI is InChI=1S/C9H10NO3/c1-13-7-4-2-6(3-5-7)8(11)9(10)12/h2-5,8,10-11H,1H3. The molecule has 0 saturated carbocycles. The van der Waals surface area contributed by atoms with Crippen LogP contribution in [0.1, 0.15) is 11.7 Å². The van der Waals surface area contributed by atoms with Crippen molar-refractivity contribution < 1.29 is 14.6 Å². The van der Waals surface area contributed by atoms with Gasteiger partial charge in [0.2, 0.25) is 0 Å². The minimum atomic E-state index is -1.36. The number of aliphatic hydroxyl groups is 1. The summed E-state index contributed by atoms with van der Waals surface area (Å²) in [6.45, 7) is 0. The van der Waals surface area contributed by atoms with Gasteiger partial charge in [0.25, 0.3) is 5.91 Å². The Hall–Kier alpha value is -1.55. The summed E-state index contributed by atoms with van der Waals surface area (Å²) in [7, 11) is 1.53. The number of rotatable bonds is 3. The van der Waals surface area contributed by atoms with E-state index in [4.69, 9.17) is 10.5 Å². The molecule has 1 radical (unpaired) electrons. The number of aliphatic hydroxyl groups excluding tert-OH is 1. The summed E-state index contributed by atoms with van der Waals surface area (Å²) in [4.78, 5) is 10.5. The molecule has 4 heteroatoms. The van der Waals surface area contributed by atoms with Gasteiger partial charge in [-0.3, -0.25) is 10.5 Å². The topological polar surface area (TPSA) is 70.3 Å². The summed E-state index contributed by atoms with van der Waals surface area (Å²) in [5.74, 6) is -0.362. The second kappa shape index (κ2) is 3.91. The molecule has 0 aliphatic heterocycles. The molecular formula is C9H10NO3. The van der Waals surface area contributed by atoms with Crippen LogP contribution in [0, 0.1) is 0 Å². The minimum absolute atomic E-state index is 0.404. The summed E-state index contributed by atoms with van der Waals surface area (Å²) < 4.78 is 4.90. The largest absolute Gasteiger partial charge is 0.497 e. The van der Waals surface area contributed by atoms with Crippen molar-refractivity contribution >= 4 is 5.91 Å². The van der Waals surface area contributed by atoms with Gasteiger partial charge < -0.3 is 9.84 Å². The summed E-state index contributed by atoms with van der Waals surface area (Å²) >= 11 is 0. The zero-order valence-electron chi connectivity index (χ0n) is 7.15. The minimum Gasteiger partial charge on any atom is -0.497 e. The second-order valence-electron chi connectivity index (χ2n) is 2.54. The Bertz CT molecular complexity index is 294. The van der Waals surface area contributed by atoms with Crippen LogP contribution in [0.5, 0.6) is 5.75 Å². The molecule has 1 unspecified atom stereocenters. The van der Waals surface area contributed by atoms with Crippen molar-refractivity contribution in [1.29, 1.82) is 0 Å². The lowest BCUT2D eigenvalue weighted by atomic mass is 10.1. The van der Waals surface area contributed by atoms with Gasteiger partial charge in [-0.2, -0.15) is 0 Å². The first-order chi connectivity index (χ1) is 6.15. The number of nitrogens with one attached hydrogen (secondary N) is 1. The van der Waals surface area contributed by atoms with Gasteiger partial charge >= 0.3 is 0 Å². The van der Waals surface area contributed by atoms with Gasteiger partial charge in [-0.1, -0.05) is 12.1 Å². The zero-order chi connectivity index (χ0) is 9.84. The fourth-order valence-electron chi connectivity index (χ4n) is 0.938. The lowest BCUT2D eigenvalue weighted by Gasteiger charge is -2.06. The van der Waals surface area contributed by atoms with Crippen LogP contribution in [0.15, 0.2) is 24.3 Å². The van der Waals surface area contributed by atoms with Crippen molar-refractivity contribution in [2.24, 2.45) is 0 Å². The van der Waals surface area contributed by atoms with Crippen molar-refractivity contribution in [2.75, 3.05) is 7.11 Å². The summed E-state index contributed by atoms with van der Waals surface area (Å²) in [6.07, 6.45) is -1.36. The molecule has 13 heavy (non-hydrogen) atoms. The van der Waals surface area contributed by atoms with E-state index in [-0.39, 0.29) is 0 Å². The van der Waals surface area contributed by atoms with E-state index >= 15 is 0 Å². The SMILES string of the molecule is COc1ccc(C(O)C([NH])=O)cc1. The smallest absolute Gasteiger partial charge is 0.271 e. The molecule has 0 spiro atoms. The Morgan fingerprint density at radius 1 is 1.46 bits per heavy atom. The third-order valence-corrected chi connectivity index (χ3v) is 1.68. The van der Waals surface area contributed by atoms with Crippen LogP contribution in [0.25, 0.3) is 0 Å². The van der Waals surface area contributed by atoms with Crippen molar-refractivity contribution in [1.82, 2.24) is 5.73 Å².